The third kappa shape index (κ3) is 4.79. The molecular formula is C32H36BrP. The summed E-state index contributed by atoms with van der Waals surface area (Å²) < 4.78 is 0. The summed E-state index contributed by atoms with van der Waals surface area (Å²) in [5.41, 5.74) is 1.44. The SMILES string of the molecule is CCCCCCCCc1ccc(P(Br)(c2ccccc2)(c2ccccc2)c2ccccc2)cc1. The molecule has 0 amide bonds. The zero-order valence-corrected chi connectivity index (χ0v) is 22.7. The van der Waals surface area contributed by atoms with Gasteiger partial charge in [0.2, 0.25) is 0 Å². The molecule has 176 valence electrons. The summed E-state index contributed by atoms with van der Waals surface area (Å²) >= 11 is 4.57. The fourth-order valence-electron chi connectivity index (χ4n) is 5.07. The van der Waals surface area contributed by atoms with Crippen LogP contribution in [0.1, 0.15) is 51.0 Å². The third-order valence-corrected chi connectivity index (χ3v) is 16.9. The molecule has 0 aliphatic carbocycles. The van der Waals surface area contributed by atoms with Gasteiger partial charge in [0.1, 0.15) is 0 Å². The zero-order valence-electron chi connectivity index (χ0n) is 20.2. The molecule has 0 aliphatic heterocycles. The van der Waals surface area contributed by atoms with Crippen LogP contribution in [0.15, 0.2) is 115 Å². The number of halogens is 1. The van der Waals surface area contributed by atoms with E-state index in [-0.39, 0.29) is 0 Å². The summed E-state index contributed by atoms with van der Waals surface area (Å²) in [5.74, 6) is 0. The van der Waals surface area contributed by atoms with Crippen LogP contribution in [0, 0.1) is 0 Å². The molecule has 34 heavy (non-hydrogen) atoms. The summed E-state index contributed by atoms with van der Waals surface area (Å²) in [4.78, 5) is 0. The van der Waals surface area contributed by atoms with Gasteiger partial charge in [0.15, 0.2) is 0 Å². The Hall–Kier alpha value is -2.21. The van der Waals surface area contributed by atoms with Crippen molar-refractivity contribution < 1.29 is 0 Å². The van der Waals surface area contributed by atoms with E-state index in [1.165, 1.54) is 65.3 Å². The Morgan fingerprint density at radius 3 is 1.29 bits per heavy atom. The van der Waals surface area contributed by atoms with Gasteiger partial charge in [-0.25, -0.2) is 0 Å². The van der Waals surface area contributed by atoms with Crippen molar-refractivity contribution in [2.24, 2.45) is 0 Å². The molecule has 0 saturated carbocycles. The van der Waals surface area contributed by atoms with Gasteiger partial charge < -0.3 is 0 Å². The van der Waals surface area contributed by atoms with Gasteiger partial charge in [0, 0.05) is 0 Å². The molecule has 0 nitrogen and oxygen atoms in total. The molecule has 0 heterocycles. The standard InChI is InChI=1S/C32H36BrP/c1-2-3-4-5-6-10-17-28-24-26-32(27-25-28)34(33,29-18-11-7-12-19-29,30-20-13-8-14-21-30)31-22-15-9-16-23-31/h7-9,11-16,18-27H,2-6,10,17H2,1H3. The number of benzene rings is 4. The van der Waals surface area contributed by atoms with E-state index in [1.54, 1.807) is 0 Å². The van der Waals surface area contributed by atoms with E-state index in [9.17, 15) is 0 Å². The van der Waals surface area contributed by atoms with Crippen molar-refractivity contribution in [3.8, 4) is 0 Å². The summed E-state index contributed by atoms with van der Waals surface area (Å²) in [7, 11) is 0. The van der Waals surface area contributed by atoms with Gasteiger partial charge in [-0.15, -0.1) is 0 Å². The number of hydrogen-bond donors (Lipinski definition) is 0. The molecule has 4 aromatic carbocycles. The quantitative estimate of drug-likeness (QED) is 0.136. The Balaban J connectivity index is 1.79. The Morgan fingerprint density at radius 2 is 0.853 bits per heavy atom. The van der Waals surface area contributed by atoms with Gasteiger partial charge in [-0.3, -0.25) is 0 Å². The van der Waals surface area contributed by atoms with Crippen molar-refractivity contribution in [3.63, 3.8) is 0 Å². The van der Waals surface area contributed by atoms with E-state index < -0.39 is 5.31 Å². The van der Waals surface area contributed by atoms with E-state index in [2.05, 4.69) is 138 Å². The van der Waals surface area contributed by atoms with Crippen molar-refractivity contribution in [3.05, 3.63) is 121 Å². The maximum absolute atomic E-state index is 4.57. The minimum atomic E-state index is -3.09. The second-order valence-corrected chi connectivity index (χ2v) is 17.5. The first-order valence-electron chi connectivity index (χ1n) is 12.7. The Bertz CT molecular complexity index is 1040. The molecule has 0 atom stereocenters. The Morgan fingerprint density at radius 1 is 0.471 bits per heavy atom. The number of rotatable bonds is 11. The van der Waals surface area contributed by atoms with Crippen LogP contribution >= 0.6 is 20.8 Å². The number of hydrogen-bond acceptors (Lipinski definition) is 0. The second kappa shape index (κ2) is 11.5. The monoisotopic (exact) mass is 530 g/mol. The van der Waals surface area contributed by atoms with Gasteiger partial charge in [-0.05, 0) is 0 Å². The van der Waals surface area contributed by atoms with Crippen molar-refractivity contribution in [2.75, 3.05) is 0 Å². The molecular weight excluding hydrogens is 495 g/mol. The molecule has 2 heteroatoms. The van der Waals surface area contributed by atoms with Gasteiger partial charge in [0.25, 0.3) is 0 Å². The average molecular weight is 532 g/mol. The van der Waals surface area contributed by atoms with Crippen molar-refractivity contribution in [1.29, 1.82) is 0 Å². The molecule has 0 radical (unpaired) electrons. The fourth-order valence-corrected chi connectivity index (χ4v) is 12.6. The van der Waals surface area contributed by atoms with Crippen LogP contribution in [-0.4, -0.2) is 0 Å². The third-order valence-electron chi connectivity index (χ3n) is 6.96. The maximum atomic E-state index is 4.57. The van der Waals surface area contributed by atoms with Gasteiger partial charge in [0.05, 0.1) is 0 Å². The summed E-state index contributed by atoms with van der Waals surface area (Å²) in [6, 6.07) is 42.5. The van der Waals surface area contributed by atoms with Crippen LogP contribution in [0.2, 0.25) is 0 Å². The van der Waals surface area contributed by atoms with Crippen LogP contribution in [0.5, 0.6) is 0 Å². The Kier molecular flexibility index (Phi) is 8.41. The molecule has 4 rings (SSSR count). The molecule has 0 fully saturated rings. The van der Waals surface area contributed by atoms with E-state index in [4.69, 9.17) is 0 Å². The first kappa shape index (κ1) is 24.9. The number of unbranched alkanes of at least 4 members (excludes halogenated alkanes) is 5. The summed E-state index contributed by atoms with van der Waals surface area (Å²) in [6.45, 7) is 2.28. The Labute approximate surface area is 214 Å². The van der Waals surface area contributed by atoms with E-state index >= 15 is 0 Å². The molecule has 0 aromatic heterocycles. The van der Waals surface area contributed by atoms with Crippen LogP contribution in [0.4, 0.5) is 0 Å². The minimum absolute atomic E-state index is 1.16. The normalized spacial score (nSPS) is 12.7. The van der Waals surface area contributed by atoms with Crippen LogP contribution in [0.25, 0.3) is 0 Å². The first-order chi connectivity index (χ1) is 16.7. The van der Waals surface area contributed by atoms with Crippen LogP contribution in [0.3, 0.4) is 0 Å². The molecule has 0 N–H and O–H groups in total. The molecule has 0 unspecified atom stereocenters. The van der Waals surface area contributed by atoms with Crippen molar-refractivity contribution in [1.82, 2.24) is 0 Å². The molecule has 0 bridgehead atoms. The first-order valence-corrected chi connectivity index (χ1v) is 16.9. The second-order valence-electron chi connectivity index (χ2n) is 9.20. The summed E-state index contributed by atoms with van der Waals surface area (Å²) in [5, 5.41) is 2.25. The van der Waals surface area contributed by atoms with E-state index in [1.807, 2.05) is 0 Å². The predicted octanol–water partition coefficient (Wildman–Crippen LogP) is 8.05. The van der Waals surface area contributed by atoms with Crippen LogP contribution < -0.4 is 21.2 Å². The van der Waals surface area contributed by atoms with Crippen LogP contribution in [-0.2, 0) is 6.42 Å². The van der Waals surface area contributed by atoms with Gasteiger partial charge in [-0.2, -0.15) is 0 Å². The average Bonchev–Trinajstić information content (AvgIpc) is 2.92. The topological polar surface area (TPSA) is 0 Å². The van der Waals surface area contributed by atoms with Crippen molar-refractivity contribution >= 4 is 42.0 Å². The fraction of sp³-hybridized carbons (Fsp3) is 0.250. The summed E-state index contributed by atoms with van der Waals surface area (Å²) in [6.07, 6.45) is 9.18. The molecule has 0 aliphatic rings. The molecule has 0 spiro atoms. The number of aryl methyl sites for hydroxylation is 1. The van der Waals surface area contributed by atoms with E-state index in [0.717, 1.165) is 6.42 Å². The molecule has 4 aromatic rings. The van der Waals surface area contributed by atoms with Crippen molar-refractivity contribution in [2.45, 2.75) is 51.9 Å². The zero-order chi connectivity index (χ0) is 23.7. The van der Waals surface area contributed by atoms with Gasteiger partial charge in [-0.1, -0.05) is 0 Å². The van der Waals surface area contributed by atoms with E-state index in [0.29, 0.717) is 0 Å². The molecule has 0 saturated heterocycles. The predicted molar refractivity (Wildman–Crippen MR) is 157 cm³/mol. The van der Waals surface area contributed by atoms with Gasteiger partial charge >= 0.3 is 215 Å².